The first-order valence-electron chi connectivity index (χ1n) is 14.4. The van der Waals surface area contributed by atoms with E-state index in [2.05, 4.69) is 33.9 Å². The zero-order valence-electron chi connectivity index (χ0n) is 25.3. The Morgan fingerprint density at radius 2 is 1.73 bits per heavy atom. The zero-order chi connectivity index (χ0) is 32.3. The molecule has 2 aromatic carbocycles. The van der Waals surface area contributed by atoms with Gasteiger partial charge in [-0.15, -0.1) is 0 Å². The summed E-state index contributed by atoms with van der Waals surface area (Å²) in [7, 11) is -2.19. The van der Waals surface area contributed by atoms with E-state index in [0.717, 1.165) is 16.2 Å². The molecule has 2 aliphatic rings. The number of aliphatic hydroxyl groups is 1. The number of aromatic nitrogens is 1. The third-order valence-corrected chi connectivity index (χ3v) is 13.9. The second-order valence-electron chi connectivity index (χ2n) is 13.1. The molecule has 0 saturated carbocycles. The van der Waals surface area contributed by atoms with E-state index >= 15 is 0 Å². The molecular formula is C32H37F3N2O6Si. The fourth-order valence-corrected chi connectivity index (χ4v) is 7.04. The van der Waals surface area contributed by atoms with Gasteiger partial charge in [0.05, 0.1) is 53.3 Å². The molecule has 2 aliphatic heterocycles. The second kappa shape index (κ2) is 10.9. The lowest BCUT2D eigenvalue weighted by Crippen LogP contribution is -2.42. The molecule has 0 spiro atoms. The van der Waals surface area contributed by atoms with E-state index < -0.39 is 54.7 Å². The van der Waals surface area contributed by atoms with Gasteiger partial charge in [0.25, 0.3) is 0 Å². The van der Waals surface area contributed by atoms with Gasteiger partial charge in [-0.25, -0.2) is 0 Å². The largest absolute Gasteiger partial charge is 0.494 e. The minimum atomic E-state index is -4.85. The molecule has 1 saturated heterocycles. The van der Waals surface area contributed by atoms with Crippen molar-refractivity contribution in [2.75, 3.05) is 13.2 Å². The van der Waals surface area contributed by atoms with Gasteiger partial charge in [0.2, 0.25) is 11.8 Å². The molecule has 0 unspecified atom stereocenters. The van der Waals surface area contributed by atoms with Crippen LogP contribution in [0.25, 0.3) is 5.69 Å². The summed E-state index contributed by atoms with van der Waals surface area (Å²) in [6.07, 6.45) is -5.75. The molecule has 3 atom stereocenters. The predicted octanol–water partition coefficient (Wildman–Crippen LogP) is 6.59. The van der Waals surface area contributed by atoms with Crippen molar-refractivity contribution in [3.8, 4) is 23.5 Å². The lowest BCUT2D eigenvalue weighted by atomic mass is 9.75. The van der Waals surface area contributed by atoms with Crippen LogP contribution < -0.4 is 0 Å². The number of benzene rings is 2. The van der Waals surface area contributed by atoms with Gasteiger partial charge in [0, 0.05) is 19.4 Å². The van der Waals surface area contributed by atoms with Crippen LogP contribution in [0.1, 0.15) is 61.4 Å². The van der Waals surface area contributed by atoms with Crippen molar-refractivity contribution in [2.45, 2.75) is 81.8 Å². The van der Waals surface area contributed by atoms with Crippen molar-refractivity contribution in [1.29, 1.82) is 5.26 Å². The summed E-state index contributed by atoms with van der Waals surface area (Å²) in [5.74, 6) is -1.09. The first-order chi connectivity index (χ1) is 20.5. The SMILES string of the molecule is CC(C)(C)[Si](C)(C)OCC[C@@]12C[C@@H](O)[C@@](COCc3ccccc3)(O1)c1c2c(O)n(-c2ccc(C#N)c(C(F)(F)F)c2)c1O. The van der Waals surface area contributed by atoms with Crippen LogP contribution >= 0.6 is 0 Å². The van der Waals surface area contributed by atoms with E-state index in [1.807, 2.05) is 30.3 Å². The summed E-state index contributed by atoms with van der Waals surface area (Å²) in [4.78, 5) is 0. The maximum absolute atomic E-state index is 13.8. The van der Waals surface area contributed by atoms with Gasteiger partial charge in [-0.1, -0.05) is 51.1 Å². The Hall–Kier alpha value is -3.34. The van der Waals surface area contributed by atoms with E-state index in [4.69, 9.17) is 13.9 Å². The number of ether oxygens (including phenoxy) is 2. The van der Waals surface area contributed by atoms with Crippen LogP contribution in [-0.4, -0.2) is 47.5 Å². The Morgan fingerprint density at radius 3 is 2.34 bits per heavy atom. The Morgan fingerprint density at radius 1 is 1.07 bits per heavy atom. The molecule has 0 amide bonds. The Labute approximate surface area is 255 Å². The minimum Gasteiger partial charge on any atom is -0.494 e. The second-order valence-corrected chi connectivity index (χ2v) is 17.9. The molecule has 3 heterocycles. The lowest BCUT2D eigenvalue weighted by Gasteiger charge is -2.37. The Kier molecular flexibility index (Phi) is 7.96. The van der Waals surface area contributed by atoms with Crippen molar-refractivity contribution in [3.63, 3.8) is 0 Å². The summed E-state index contributed by atoms with van der Waals surface area (Å²) >= 11 is 0. The monoisotopic (exact) mass is 630 g/mol. The highest BCUT2D eigenvalue weighted by molar-refractivity contribution is 6.74. The average molecular weight is 631 g/mol. The molecule has 0 radical (unpaired) electrons. The molecule has 8 nitrogen and oxygen atoms in total. The standard InChI is InChI=1S/C32H37F3N2O6Si/c1-29(2,3)44(4,5)42-14-13-30-16-24(38)31(43-30,19-41-18-20-9-7-6-8-10-20)26-25(30)27(39)37(28(26)40)22-12-11-21(17-36)23(15-22)32(33,34)35/h6-12,15,24,38-40H,13-14,16,18-19H2,1-5H3/t24-,30+,31-/m1/s1. The molecule has 3 N–H and O–H groups in total. The third-order valence-electron chi connectivity index (χ3n) is 9.33. The summed E-state index contributed by atoms with van der Waals surface area (Å²) < 4.78 is 61.4. The summed E-state index contributed by atoms with van der Waals surface area (Å²) in [6.45, 7) is 10.7. The van der Waals surface area contributed by atoms with Crippen LogP contribution in [0, 0.1) is 11.3 Å². The van der Waals surface area contributed by atoms with Gasteiger partial charge >= 0.3 is 6.18 Å². The van der Waals surface area contributed by atoms with Gasteiger partial charge in [-0.05, 0) is 41.9 Å². The lowest BCUT2D eigenvalue weighted by molar-refractivity contribution is -0.153. The number of hydrogen-bond donors (Lipinski definition) is 3. The fraction of sp³-hybridized carbons (Fsp3) is 0.469. The molecule has 1 fully saturated rings. The van der Waals surface area contributed by atoms with Gasteiger partial charge in [0.1, 0.15) is 11.2 Å². The molecule has 1 aromatic heterocycles. The van der Waals surface area contributed by atoms with Crippen molar-refractivity contribution in [1.82, 2.24) is 4.57 Å². The van der Waals surface area contributed by atoms with Gasteiger partial charge in [0.15, 0.2) is 8.32 Å². The quantitative estimate of drug-likeness (QED) is 0.228. The number of aliphatic hydroxyl groups excluding tert-OH is 1. The molecular weight excluding hydrogens is 593 g/mol. The Bertz CT molecular complexity index is 1590. The first kappa shape index (κ1) is 32.1. The highest BCUT2D eigenvalue weighted by Gasteiger charge is 2.68. The van der Waals surface area contributed by atoms with E-state index in [-0.39, 0.29) is 54.5 Å². The molecule has 44 heavy (non-hydrogen) atoms. The van der Waals surface area contributed by atoms with Gasteiger partial charge in [-0.2, -0.15) is 18.4 Å². The molecule has 0 aliphatic carbocycles. The Balaban J connectivity index is 1.59. The molecule has 2 bridgehead atoms. The van der Waals surface area contributed by atoms with Gasteiger partial charge < -0.3 is 29.2 Å². The van der Waals surface area contributed by atoms with Crippen molar-refractivity contribution < 1.29 is 42.4 Å². The highest BCUT2D eigenvalue weighted by Crippen LogP contribution is 2.66. The zero-order valence-corrected chi connectivity index (χ0v) is 26.3. The normalized spacial score (nSPS) is 23.1. The molecule has 12 heteroatoms. The summed E-state index contributed by atoms with van der Waals surface area (Å²) in [6, 6.07) is 13.8. The maximum Gasteiger partial charge on any atom is 0.417 e. The molecule has 236 valence electrons. The number of halogens is 3. The molecule has 5 rings (SSSR count). The van der Waals surface area contributed by atoms with E-state index in [9.17, 15) is 33.8 Å². The number of rotatable bonds is 9. The average Bonchev–Trinajstić information content (AvgIpc) is 3.50. The van der Waals surface area contributed by atoms with Crippen LogP contribution in [0.4, 0.5) is 13.2 Å². The van der Waals surface area contributed by atoms with Crippen LogP contribution in [0.2, 0.25) is 18.1 Å². The highest BCUT2D eigenvalue weighted by atomic mass is 28.4. The number of hydrogen-bond acceptors (Lipinski definition) is 7. The number of fused-ring (bicyclic) bond motifs is 5. The first-order valence-corrected chi connectivity index (χ1v) is 17.3. The number of nitriles is 1. The van der Waals surface area contributed by atoms with Crippen LogP contribution in [0.3, 0.4) is 0 Å². The summed E-state index contributed by atoms with van der Waals surface area (Å²) in [5, 5.41) is 43.8. The predicted molar refractivity (Wildman–Crippen MR) is 158 cm³/mol. The number of aromatic hydroxyl groups is 2. The number of nitrogens with zero attached hydrogens (tertiary/aromatic N) is 2. The van der Waals surface area contributed by atoms with Gasteiger partial charge in [-0.3, -0.25) is 4.57 Å². The van der Waals surface area contributed by atoms with E-state index in [0.29, 0.717) is 6.07 Å². The maximum atomic E-state index is 13.8. The third kappa shape index (κ3) is 5.20. The van der Waals surface area contributed by atoms with Crippen molar-refractivity contribution >= 4 is 8.32 Å². The molecule has 3 aromatic rings. The van der Waals surface area contributed by atoms with Crippen molar-refractivity contribution in [3.05, 3.63) is 76.3 Å². The van der Waals surface area contributed by atoms with Crippen LogP contribution in [0.5, 0.6) is 11.8 Å². The minimum absolute atomic E-state index is 0.0493. The van der Waals surface area contributed by atoms with Crippen molar-refractivity contribution in [2.24, 2.45) is 0 Å². The van der Waals surface area contributed by atoms with Crippen LogP contribution in [0.15, 0.2) is 48.5 Å². The van der Waals surface area contributed by atoms with E-state index in [1.54, 1.807) is 0 Å². The topological polar surface area (TPSA) is 117 Å². The number of alkyl halides is 3. The van der Waals surface area contributed by atoms with Crippen LogP contribution in [-0.2, 0) is 37.9 Å². The van der Waals surface area contributed by atoms with E-state index in [1.165, 1.54) is 12.1 Å². The fourth-order valence-electron chi connectivity index (χ4n) is 5.99. The smallest absolute Gasteiger partial charge is 0.417 e. The summed E-state index contributed by atoms with van der Waals surface area (Å²) in [5.41, 5.74) is -3.81.